The topological polar surface area (TPSA) is 15.8 Å². The zero-order valence-corrected chi connectivity index (χ0v) is 9.57. The van der Waals surface area contributed by atoms with Crippen molar-refractivity contribution in [3.63, 3.8) is 0 Å². The second-order valence-electron chi connectivity index (χ2n) is 4.52. The maximum absolute atomic E-state index is 13.3. The Morgan fingerprint density at radius 3 is 2.61 bits per heavy atom. The molecule has 0 aliphatic rings. The van der Waals surface area contributed by atoms with Crippen molar-refractivity contribution >= 4 is 32.6 Å². The summed E-state index contributed by atoms with van der Waals surface area (Å²) in [7, 11) is 0. The lowest BCUT2D eigenvalue weighted by atomic mass is 10.1. The Labute approximate surface area is 103 Å². The number of aromatic nitrogens is 1. The number of benzene rings is 3. The number of hydrogen-bond donors (Lipinski definition) is 1. The van der Waals surface area contributed by atoms with Crippen molar-refractivity contribution in [2.24, 2.45) is 0 Å². The predicted molar refractivity (Wildman–Crippen MR) is 73.3 cm³/mol. The van der Waals surface area contributed by atoms with Crippen molar-refractivity contribution in [2.75, 3.05) is 0 Å². The highest BCUT2D eigenvalue weighted by Crippen LogP contribution is 2.31. The van der Waals surface area contributed by atoms with Crippen LogP contribution < -0.4 is 0 Å². The third-order valence-electron chi connectivity index (χ3n) is 3.46. The molecule has 0 aliphatic carbocycles. The minimum atomic E-state index is -0.198. The standard InChI is InChI=1S/C16H10FN/c17-11-6-8-15-14(9-11)13-7-5-10-3-1-2-4-12(10)16(13)18-15/h1-9,18H. The van der Waals surface area contributed by atoms with Gasteiger partial charge in [-0.3, -0.25) is 0 Å². The number of aromatic amines is 1. The summed E-state index contributed by atoms with van der Waals surface area (Å²) < 4.78 is 13.3. The van der Waals surface area contributed by atoms with Crippen LogP contribution in [0.1, 0.15) is 0 Å². The first-order chi connectivity index (χ1) is 8.83. The van der Waals surface area contributed by atoms with Crippen LogP contribution in [0.3, 0.4) is 0 Å². The van der Waals surface area contributed by atoms with Gasteiger partial charge in [0.05, 0.1) is 5.52 Å². The lowest BCUT2D eigenvalue weighted by Crippen LogP contribution is -1.74. The predicted octanol–water partition coefficient (Wildman–Crippen LogP) is 4.61. The Bertz CT molecular complexity index is 889. The highest BCUT2D eigenvalue weighted by Gasteiger charge is 2.07. The summed E-state index contributed by atoms with van der Waals surface area (Å²) in [6, 6.07) is 17.2. The van der Waals surface area contributed by atoms with E-state index in [1.807, 2.05) is 12.1 Å². The molecule has 1 heterocycles. The van der Waals surface area contributed by atoms with Crippen LogP contribution in [0.15, 0.2) is 54.6 Å². The zero-order chi connectivity index (χ0) is 12.1. The minimum Gasteiger partial charge on any atom is -0.354 e. The van der Waals surface area contributed by atoms with Gasteiger partial charge in [-0.15, -0.1) is 0 Å². The summed E-state index contributed by atoms with van der Waals surface area (Å²) in [5, 5.41) is 4.38. The van der Waals surface area contributed by atoms with E-state index < -0.39 is 0 Å². The molecule has 4 aromatic rings. The van der Waals surface area contributed by atoms with Crippen LogP contribution in [0.4, 0.5) is 4.39 Å². The van der Waals surface area contributed by atoms with Gasteiger partial charge in [0.15, 0.2) is 0 Å². The molecule has 0 amide bonds. The van der Waals surface area contributed by atoms with Crippen molar-refractivity contribution in [1.82, 2.24) is 4.98 Å². The third kappa shape index (κ3) is 1.20. The monoisotopic (exact) mass is 235 g/mol. The molecule has 1 nitrogen and oxygen atoms in total. The molecule has 0 fully saturated rings. The summed E-state index contributed by atoms with van der Waals surface area (Å²) in [5.74, 6) is -0.198. The van der Waals surface area contributed by atoms with Gasteiger partial charge in [0.2, 0.25) is 0 Å². The lowest BCUT2D eigenvalue weighted by Gasteiger charge is -1.98. The maximum atomic E-state index is 13.3. The first-order valence-corrected chi connectivity index (χ1v) is 5.92. The molecule has 18 heavy (non-hydrogen) atoms. The molecule has 0 saturated heterocycles. The Kier molecular flexibility index (Phi) is 1.78. The molecule has 4 rings (SSSR count). The van der Waals surface area contributed by atoms with Gasteiger partial charge < -0.3 is 4.98 Å². The number of fused-ring (bicyclic) bond motifs is 5. The summed E-state index contributed by atoms with van der Waals surface area (Å²) in [5.41, 5.74) is 2.05. The van der Waals surface area contributed by atoms with Crippen molar-refractivity contribution in [2.45, 2.75) is 0 Å². The van der Waals surface area contributed by atoms with Crippen LogP contribution in [0.2, 0.25) is 0 Å². The quantitative estimate of drug-likeness (QED) is 0.458. The zero-order valence-electron chi connectivity index (χ0n) is 9.57. The molecule has 0 spiro atoms. The van der Waals surface area contributed by atoms with Crippen molar-refractivity contribution in [3.8, 4) is 0 Å². The number of hydrogen-bond acceptors (Lipinski definition) is 0. The van der Waals surface area contributed by atoms with Gasteiger partial charge in [0.1, 0.15) is 5.82 Å². The van der Waals surface area contributed by atoms with Crippen LogP contribution in [-0.2, 0) is 0 Å². The van der Waals surface area contributed by atoms with Crippen molar-refractivity contribution in [3.05, 3.63) is 60.4 Å². The Morgan fingerprint density at radius 2 is 1.67 bits per heavy atom. The smallest absolute Gasteiger partial charge is 0.123 e. The fourth-order valence-electron chi connectivity index (χ4n) is 2.61. The van der Waals surface area contributed by atoms with E-state index in [2.05, 4.69) is 29.2 Å². The first kappa shape index (κ1) is 9.66. The molecule has 86 valence electrons. The van der Waals surface area contributed by atoms with Crippen molar-refractivity contribution < 1.29 is 4.39 Å². The Morgan fingerprint density at radius 1 is 0.778 bits per heavy atom. The van der Waals surface area contributed by atoms with Crippen LogP contribution in [0, 0.1) is 5.82 Å². The van der Waals surface area contributed by atoms with Crippen LogP contribution in [0.25, 0.3) is 32.6 Å². The molecule has 1 aromatic heterocycles. The van der Waals surface area contributed by atoms with Gasteiger partial charge in [0, 0.05) is 21.7 Å². The fraction of sp³-hybridized carbons (Fsp3) is 0. The van der Waals surface area contributed by atoms with E-state index in [0.717, 1.165) is 21.8 Å². The van der Waals surface area contributed by atoms with Gasteiger partial charge in [-0.2, -0.15) is 0 Å². The van der Waals surface area contributed by atoms with Gasteiger partial charge in [-0.25, -0.2) is 4.39 Å². The molecule has 0 unspecified atom stereocenters. The Hall–Kier alpha value is -2.35. The molecular weight excluding hydrogens is 225 g/mol. The molecule has 0 bridgehead atoms. The van der Waals surface area contributed by atoms with Crippen LogP contribution >= 0.6 is 0 Å². The van der Waals surface area contributed by atoms with Crippen molar-refractivity contribution in [1.29, 1.82) is 0 Å². The summed E-state index contributed by atoms with van der Waals surface area (Å²) in [6.07, 6.45) is 0. The van der Waals surface area contributed by atoms with Crippen LogP contribution in [0.5, 0.6) is 0 Å². The highest BCUT2D eigenvalue weighted by molar-refractivity contribution is 6.16. The first-order valence-electron chi connectivity index (χ1n) is 5.92. The molecular formula is C16H10FN. The summed E-state index contributed by atoms with van der Waals surface area (Å²) >= 11 is 0. The van der Waals surface area contributed by atoms with E-state index in [0.29, 0.717) is 0 Å². The normalized spacial score (nSPS) is 11.6. The molecule has 0 atom stereocenters. The molecule has 0 saturated carbocycles. The van der Waals surface area contributed by atoms with E-state index in [9.17, 15) is 4.39 Å². The second kappa shape index (κ2) is 3.33. The average Bonchev–Trinajstić information content (AvgIpc) is 2.77. The van der Waals surface area contributed by atoms with Gasteiger partial charge in [0.25, 0.3) is 0 Å². The molecule has 2 heteroatoms. The molecule has 3 aromatic carbocycles. The number of H-pyrrole nitrogens is 1. The van der Waals surface area contributed by atoms with E-state index in [-0.39, 0.29) is 5.82 Å². The molecule has 1 N–H and O–H groups in total. The van der Waals surface area contributed by atoms with Gasteiger partial charge in [-0.05, 0) is 23.6 Å². The average molecular weight is 235 g/mol. The SMILES string of the molecule is Fc1ccc2[nH]c3c4ccccc4ccc3c2c1. The number of rotatable bonds is 0. The second-order valence-corrected chi connectivity index (χ2v) is 4.52. The molecule has 0 radical (unpaired) electrons. The summed E-state index contributed by atoms with van der Waals surface area (Å²) in [6.45, 7) is 0. The summed E-state index contributed by atoms with van der Waals surface area (Å²) in [4.78, 5) is 3.38. The van der Waals surface area contributed by atoms with E-state index in [1.165, 1.54) is 16.8 Å². The molecule has 0 aliphatic heterocycles. The number of halogens is 1. The Balaban J connectivity index is 2.30. The minimum absolute atomic E-state index is 0.198. The largest absolute Gasteiger partial charge is 0.354 e. The fourth-order valence-corrected chi connectivity index (χ4v) is 2.61. The van der Waals surface area contributed by atoms with Crippen LogP contribution in [-0.4, -0.2) is 4.98 Å². The van der Waals surface area contributed by atoms with Gasteiger partial charge >= 0.3 is 0 Å². The van der Waals surface area contributed by atoms with Gasteiger partial charge in [-0.1, -0.05) is 36.4 Å². The lowest BCUT2D eigenvalue weighted by molar-refractivity contribution is 0.630. The van der Waals surface area contributed by atoms with E-state index in [4.69, 9.17) is 0 Å². The highest BCUT2D eigenvalue weighted by atomic mass is 19.1. The maximum Gasteiger partial charge on any atom is 0.123 e. The number of nitrogens with one attached hydrogen (secondary N) is 1. The third-order valence-corrected chi connectivity index (χ3v) is 3.46. The van der Waals surface area contributed by atoms with E-state index >= 15 is 0 Å². The van der Waals surface area contributed by atoms with E-state index in [1.54, 1.807) is 12.1 Å².